The van der Waals surface area contributed by atoms with Gasteiger partial charge in [-0.25, -0.2) is 9.67 Å². The molecular weight excluding hydrogens is 634 g/mol. The van der Waals surface area contributed by atoms with Crippen molar-refractivity contribution in [1.29, 1.82) is 5.26 Å². The van der Waals surface area contributed by atoms with E-state index in [2.05, 4.69) is 30.1 Å². The lowest BCUT2D eigenvalue weighted by Crippen LogP contribution is -2.38. The van der Waals surface area contributed by atoms with Gasteiger partial charge >= 0.3 is 0 Å². The van der Waals surface area contributed by atoms with Crippen molar-refractivity contribution in [3.05, 3.63) is 75.0 Å². The molecule has 50 heavy (non-hydrogen) atoms. The lowest BCUT2D eigenvalue weighted by molar-refractivity contribution is 0.117. The van der Waals surface area contributed by atoms with Crippen LogP contribution in [-0.2, 0) is 23.0 Å². The number of rotatable bonds is 6. The van der Waals surface area contributed by atoms with Crippen LogP contribution in [0.15, 0.2) is 46.0 Å². The van der Waals surface area contributed by atoms with Crippen LogP contribution in [0.1, 0.15) is 79.5 Å². The van der Waals surface area contributed by atoms with Crippen LogP contribution < -0.4 is 16.0 Å². The number of nitrogens with two attached hydrogens (primary N) is 1. The maximum Gasteiger partial charge on any atom is 0.279 e. The molecule has 256 valence electrons. The van der Waals surface area contributed by atoms with Gasteiger partial charge in [-0.1, -0.05) is 11.2 Å². The van der Waals surface area contributed by atoms with Gasteiger partial charge in [-0.3, -0.25) is 9.69 Å². The Labute approximate surface area is 288 Å². The molecule has 0 radical (unpaired) electrons. The summed E-state index contributed by atoms with van der Waals surface area (Å²) in [5, 5.41) is 20.2. The van der Waals surface area contributed by atoms with Crippen LogP contribution in [0.2, 0.25) is 0 Å². The Morgan fingerprint density at radius 1 is 1.16 bits per heavy atom. The predicted molar refractivity (Wildman–Crippen MR) is 184 cm³/mol. The maximum atomic E-state index is 13.6. The van der Waals surface area contributed by atoms with Gasteiger partial charge in [0.05, 0.1) is 23.6 Å². The first kappa shape index (κ1) is 31.0. The highest BCUT2D eigenvalue weighted by atomic mass is 16.5. The quantitative estimate of drug-likeness (QED) is 0.253. The Kier molecular flexibility index (Phi) is 7.29. The Morgan fingerprint density at radius 3 is 2.86 bits per heavy atom. The first-order valence-electron chi connectivity index (χ1n) is 17.6. The molecule has 2 fully saturated rings. The van der Waals surface area contributed by atoms with E-state index < -0.39 is 5.41 Å². The average Bonchev–Trinajstić information content (AvgIpc) is 3.96. The number of aryl methyl sites for hydroxylation is 1. The van der Waals surface area contributed by atoms with E-state index in [1.54, 1.807) is 15.3 Å². The van der Waals surface area contributed by atoms with Crippen molar-refractivity contribution in [3.8, 4) is 29.3 Å². The zero-order valence-corrected chi connectivity index (χ0v) is 28.3. The molecule has 4 aromatic heterocycles. The van der Waals surface area contributed by atoms with Gasteiger partial charge < -0.3 is 24.3 Å². The summed E-state index contributed by atoms with van der Waals surface area (Å²) in [5.74, 6) is 1.97. The first-order valence-corrected chi connectivity index (χ1v) is 17.6. The van der Waals surface area contributed by atoms with Crippen LogP contribution in [0.3, 0.4) is 0 Å². The number of likely N-dealkylation sites (tertiary alicyclic amines) is 1. The third-order valence-corrected chi connectivity index (χ3v) is 11.4. The molecule has 2 N–H and O–H groups in total. The fourth-order valence-electron chi connectivity index (χ4n) is 8.93. The summed E-state index contributed by atoms with van der Waals surface area (Å²) in [7, 11) is 2.12. The topological polar surface area (TPSA) is 163 Å². The first-order chi connectivity index (χ1) is 24.3. The van der Waals surface area contributed by atoms with Crippen molar-refractivity contribution in [2.45, 2.75) is 81.9 Å². The summed E-state index contributed by atoms with van der Waals surface area (Å²) >= 11 is 0. The van der Waals surface area contributed by atoms with E-state index in [0.717, 1.165) is 80.4 Å². The van der Waals surface area contributed by atoms with Crippen molar-refractivity contribution in [2.75, 3.05) is 32.5 Å². The molecule has 0 bridgehead atoms. The van der Waals surface area contributed by atoms with Crippen molar-refractivity contribution >= 4 is 16.6 Å². The van der Waals surface area contributed by atoms with Crippen LogP contribution in [0, 0.1) is 11.3 Å². The Morgan fingerprint density at radius 2 is 2.06 bits per heavy atom. The van der Waals surface area contributed by atoms with Gasteiger partial charge in [0, 0.05) is 47.7 Å². The molecule has 4 unspecified atom stereocenters. The van der Waals surface area contributed by atoms with E-state index >= 15 is 0 Å². The normalized spacial score (nSPS) is 23.7. The third-order valence-electron chi connectivity index (χ3n) is 11.4. The molecule has 6 heterocycles. The van der Waals surface area contributed by atoms with Crippen LogP contribution in [0.4, 0.5) is 5.69 Å². The molecule has 1 aromatic carbocycles. The number of ether oxygens (including phenoxy) is 2. The molecule has 4 aliphatic rings. The second kappa shape index (κ2) is 11.8. The molecule has 9 rings (SSSR count). The second-order valence-corrected chi connectivity index (χ2v) is 14.3. The standard InChI is InChI=1S/C37H39N9O4/c1-21(28-6-4-14-44(28)2)49-30-17-29(46-19-23-10-15-45(24-11-16-48-20-24)36(47)32(23)42-46)40-35(41-30)33-25-5-3-12-37(34(25)50-43-33)13-9-22-7-8-27(39)26(18-38)31(22)37/h7-8,10,15,17,19,21,24,28H,3-6,9,11-14,16,20,39H2,1-2H3. The Bertz CT molecular complexity index is 2240. The Hall–Kier alpha value is -5.06. The Balaban J connectivity index is 1.16. The van der Waals surface area contributed by atoms with Crippen LogP contribution in [0.25, 0.3) is 28.2 Å². The number of fused-ring (bicyclic) bond motifs is 5. The SMILES string of the molecule is CC(Oc1cc(-n2cc3ccn(C4CCOC4)c(=O)c3n2)nc(-c2noc3c2CCCC32CCc3ccc(N)c(C#N)c32)n1)C1CCCN1C. The van der Waals surface area contributed by atoms with Crippen LogP contribution >= 0.6 is 0 Å². The number of hydrogen-bond acceptors (Lipinski definition) is 11. The third kappa shape index (κ3) is 4.76. The fourth-order valence-corrected chi connectivity index (χ4v) is 8.93. The van der Waals surface area contributed by atoms with E-state index in [-0.39, 0.29) is 23.7 Å². The summed E-state index contributed by atoms with van der Waals surface area (Å²) in [6.45, 7) is 4.25. The van der Waals surface area contributed by atoms with Gasteiger partial charge in [-0.2, -0.15) is 15.3 Å². The smallest absolute Gasteiger partial charge is 0.279 e. The zero-order valence-electron chi connectivity index (χ0n) is 28.3. The van der Waals surface area contributed by atoms with Gasteiger partial charge in [0.2, 0.25) is 5.88 Å². The molecule has 0 amide bonds. The molecule has 0 saturated carbocycles. The molecule has 13 nitrogen and oxygen atoms in total. The van der Waals surface area contributed by atoms with Gasteiger partial charge in [-0.05, 0) is 95.1 Å². The maximum absolute atomic E-state index is 13.6. The lowest BCUT2D eigenvalue weighted by Gasteiger charge is -2.33. The molecular formula is C37H39N9O4. The zero-order chi connectivity index (χ0) is 34.1. The van der Waals surface area contributed by atoms with Gasteiger partial charge in [0.1, 0.15) is 12.2 Å². The number of benzene rings is 1. The van der Waals surface area contributed by atoms with E-state index in [0.29, 0.717) is 58.6 Å². The highest BCUT2D eigenvalue weighted by molar-refractivity contribution is 5.77. The number of likely N-dealkylation sites (N-methyl/N-ethyl adjacent to an activating group) is 1. The molecule has 13 heteroatoms. The largest absolute Gasteiger partial charge is 0.473 e. The minimum Gasteiger partial charge on any atom is -0.473 e. The number of nitriles is 1. The van der Waals surface area contributed by atoms with Gasteiger partial charge in [-0.15, -0.1) is 0 Å². The molecule has 2 aliphatic heterocycles. The van der Waals surface area contributed by atoms with Gasteiger partial charge in [0.25, 0.3) is 5.56 Å². The lowest BCUT2D eigenvalue weighted by atomic mass is 9.68. The predicted octanol–water partition coefficient (Wildman–Crippen LogP) is 4.48. The molecule has 2 aliphatic carbocycles. The minimum absolute atomic E-state index is 0.00735. The number of nitrogens with zero attached hydrogens (tertiary/aromatic N) is 8. The molecule has 5 aromatic rings. The number of nitrogen functional groups attached to an aromatic ring is 1. The van der Waals surface area contributed by atoms with E-state index in [1.165, 1.54) is 0 Å². The van der Waals surface area contributed by atoms with Crippen molar-refractivity contribution in [2.24, 2.45) is 0 Å². The monoisotopic (exact) mass is 673 g/mol. The highest BCUT2D eigenvalue weighted by Crippen LogP contribution is 2.54. The number of anilines is 1. The summed E-state index contributed by atoms with van der Waals surface area (Å²) in [5.41, 5.74) is 10.6. The molecule has 2 saturated heterocycles. The fraction of sp³-hybridized carbons (Fsp3) is 0.459. The van der Waals surface area contributed by atoms with Gasteiger partial charge in [0.15, 0.2) is 28.6 Å². The van der Waals surface area contributed by atoms with Crippen LogP contribution in [-0.4, -0.2) is 73.3 Å². The second-order valence-electron chi connectivity index (χ2n) is 14.3. The summed E-state index contributed by atoms with van der Waals surface area (Å²) in [4.78, 5) is 25.8. The molecule has 1 spiro atoms. The number of aromatic nitrogens is 6. The minimum atomic E-state index is -0.489. The van der Waals surface area contributed by atoms with Crippen molar-refractivity contribution < 1.29 is 14.0 Å². The van der Waals surface area contributed by atoms with Crippen molar-refractivity contribution in [1.82, 2.24) is 34.4 Å². The van der Waals surface area contributed by atoms with Crippen molar-refractivity contribution in [3.63, 3.8) is 0 Å². The average molecular weight is 674 g/mol. The van der Waals surface area contributed by atoms with E-state index in [4.69, 9.17) is 34.8 Å². The molecule has 4 atom stereocenters. The summed E-state index contributed by atoms with van der Waals surface area (Å²) in [6.07, 6.45) is 10.6. The van der Waals surface area contributed by atoms with E-state index in [9.17, 15) is 10.1 Å². The summed E-state index contributed by atoms with van der Waals surface area (Å²) in [6, 6.07) is 10.2. The highest BCUT2D eigenvalue weighted by Gasteiger charge is 2.49. The number of hydrogen-bond donors (Lipinski definition) is 1. The van der Waals surface area contributed by atoms with E-state index in [1.807, 2.05) is 30.6 Å². The van der Waals surface area contributed by atoms with Crippen LogP contribution in [0.5, 0.6) is 5.88 Å². The summed E-state index contributed by atoms with van der Waals surface area (Å²) < 4.78 is 21.7. The number of pyridine rings is 1.